The van der Waals surface area contributed by atoms with Crippen LogP contribution in [-0.4, -0.2) is 43.3 Å². The van der Waals surface area contributed by atoms with Gasteiger partial charge >= 0.3 is 5.97 Å². The second-order valence-corrected chi connectivity index (χ2v) is 3.82. The van der Waals surface area contributed by atoms with Gasteiger partial charge in [-0.25, -0.2) is 4.79 Å². The number of carboxylic acids is 1. The average molecular weight is 251 g/mol. The zero-order chi connectivity index (χ0) is 13.3. The van der Waals surface area contributed by atoms with Crippen LogP contribution in [0.4, 0.5) is 5.69 Å². The van der Waals surface area contributed by atoms with Gasteiger partial charge in [0.1, 0.15) is 5.75 Å². The Hall–Kier alpha value is -2.08. The highest BCUT2D eigenvalue weighted by Gasteiger charge is 2.53. The fourth-order valence-electron chi connectivity index (χ4n) is 2.03. The van der Waals surface area contributed by atoms with Crippen LogP contribution in [0.25, 0.3) is 0 Å². The first-order valence-corrected chi connectivity index (χ1v) is 5.33. The van der Waals surface area contributed by atoms with Gasteiger partial charge in [-0.15, -0.1) is 0 Å². The second-order valence-electron chi connectivity index (χ2n) is 3.82. The molecule has 0 bridgehead atoms. The maximum atomic E-state index is 11.9. The lowest BCUT2D eigenvalue weighted by molar-refractivity contribution is -0.155. The van der Waals surface area contributed by atoms with E-state index < -0.39 is 18.1 Å². The van der Waals surface area contributed by atoms with Gasteiger partial charge in [0.2, 0.25) is 0 Å². The summed E-state index contributed by atoms with van der Waals surface area (Å²) in [5.41, 5.74) is 0.436. The van der Waals surface area contributed by atoms with E-state index in [1.165, 1.54) is 19.1 Å². The van der Waals surface area contributed by atoms with Gasteiger partial charge in [0, 0.05) is 7.11 Å². The van der Waals surface area contributed by atoms with Gasteiger partial charge in [0.25, 0.3) is 5.91 Å². The number of amides is 1. The Morgan fingerprint density at radius 1 is 1.33 bits per heavy atom. The third-order valence-corrected chi connectivity index (χ3v) is 2.90. The van der Waals surface area contributed by atoms with Crippen LogP contribution in [0.2, 0.25) is 0 Å². The topological polar surface area (TPSA) is 76.1 Å². The molecule has 2 atom stereocenters. The maximum Gasteiger partial charge on any atom is 0.330 e. The molecule has 1 N–H and O–H groups in total. The predicted molar refractivity (Wildman–Crippen MR) is 62.7 cm³/mol. The summed E-state index contributed by atoms with van der Waals surface area (Å²) in [5, 5.41) is 9.13. The van der Waals surface area contributed by atoms with Crippen LogP contribution < -0.4 is 9.64 Å². The van der Waals surface area contributed by atoms with Crippen molar-refractivity contribution >= 4 is 17.6 Å². The molecule has 18 heavy (non-hydrogen) atoms. The van der Waals surface area contributed by atoms with Gasteiger partial charge in [0.15, 0.2) is 12.1 Å². The summed E-state index contributed by atoms with van der Waals surface area (Å²) in [6, 6.07) is 5.75. The van der Waals surface area contributed by atoms with Gasteiger partial charge in [0.05, 0.1) is 12.8 Å². The van der Waals surface area contributed by atoms with Crippen molar-refractivity contribution < 1.29 is 24.2 Å². The molecular weight excluding hydrogens is 238 g/mol. The molecule has 1 aromatic carbocycles. The first-order valence-electron chi connectivity index (χ1n) is 5.33. The molecule has 96 valence electrons. The van der Waals surface area contributed by atoms with Gasteiger partial charge in [-0.1, -0.05) is 12.1 Å². The number of para-hydroxylation sites is 2. The number of anilines is 1. The monoisotopic (exact) mass is 251 g/mol. The van der Waals surface area contributed by atoms with Crippen molar-refractivity contribution in [3.05, 3.63) is 24.3 Å². The average Bonchev–Trinajstić information content (AvgIpc) is 2.36. The van der Waals surface area contributed by atoms with Crippen molar-refractivity contribution in [2.24, 2.45) is 0 Å². The normalized spacial score (nSPS) is 22.6. The number of carbonyl (C=O) groups is 2. The molecule has 0 aliphatic carbocycles. The number of aliphatic carboxylic acids is 1. The van der Waals surface area contributed by atoms with Crippen molar-refractivity contribution in [2.75, 3.05) is 19.1 Å². The second kappa shape index (κ2) is 4.66. The minimum absolute atomic E-state index is 0.380. The Balaban J connectivity index is 2.38. The molecule has 0 saturated carbocycles. The Kier molecular flexibility index (Phi) is 3.20. The first-order chi connectivity index (χ1) is 8.61. The summed E-state index contributed by atoms with van der Waals surface area (Å²) in [6.07, 6.45) is -0.938. The van der Waals surface area contributed by atoms with Gasteiger partial charge in [-0.05, 0) is 12.1 Å². The summed E-state index contributed by atoms with van der Waals surface area (Å²) >= 11 is 0. The minimum Gasteiger partial charge on any atom is -0.495 e. The number of rotatable bonds is 4. The number of hydrogen-bond acceptors (Lipinski definition) is 4. The zero-order valence-corrected chi connectivity index (χ0v) is 9.99. The van der Waals surface area contributed by atoms with E-state index >= 15 is 0 Å². The van der Waals surface area contributed by atoms with Crippen LogP contribution >= 0.6 is 0 Å². The maximum absolute atomic E-state index is 11.9. The highest BCUT2D eigenvalue weighted by atomic mass is 16.5. The van der Waals surface area contributed by atoms with Gasteiger partial charge in [-0.2, -0.15) is 0 Å². The number of ether oxygens (including phenoxy) is 2. The minimum atomic E-state index is -1.10. The lowest BCUT2D eigenvalue weighted by Gasteiger charge is -2.43. The molecule has 1 heterocycles. The number of carbonyl (C=O) groups excluding carboxylic acids is 1. The lowest BCUT2D eigenvalue weighted by Crippen LogP contribution is -2.69. The van der Waals surface area contributed by atoms with Crippen molar-refractivity contribution in [3.8, 4) is 5.75 Å². The largest absolute Gasteiger partial charge is 0.495 e. The molecule has 0 unspecified atom stereocenters. The van der Waals surface area contributed by atoms with E-state index in [-0.39, 0.29) is 5.91 Å². The van der Waals surface area contributed by atoms with E-state index in [0.29, 0.717) is 11.4 Å². The van der Waals surface area contributed by atoms with Crippen LogP contribution in [0.15, 0.2) is 24.3 Å². The Labute approximate surface area is 104 Å². The van der Waals surface area contributed by atoms with Crippen molar-refractivity contribution in [2.45, 2.75) is 12.1 Å². The van der Waals surface area contributed by atoms with Gasteiger partial charge < -0.3 is 14.6 Å². The zero-order valence-electron chi connectivity index (χ0n) is 9.99. The number of methoxy groups -OCH3 is 2. The number of β-lactam (4-membered cyclic amide) rings is 1. The molecule has 6 heteroatoms. The highest BCUT2D eigenvalue weighted by molar-refractivity contribution is 6.12. The quantitative estimate of drug-likeness (QED) is 0.789. The van der Waals surface area contributed by atoms with Crippen LogP contribution in [0.1, 0.15) is 0 Å². The fourth-order valence-corrected chi connectivity index (χ4v) is 2.03. The molecule has 1 aliphatic heterocycles. The number of hydrogen-bond donors (Lipinski definition) is 1. The van der Waals surface area contributed by atoms with Crippen LogP contribution in [0.5, 0.6) is 5.75 Å². The van der Waals surface area contributed by atoms with E-state index in [1.807, 2.05) is 0 Å². The van der Waals surface area contributed by atoms with Crippen molar-refractivity contribution in [1.82, 2.24) is 0 Å². The summed E-state index contributed by atoms with van der Waals surface area (Å²) in [5.74, 6) is -1.03. The molecule has 1 fully saturated rings. The summed E-state index contributed by atoms with van der Waals surface area (Å²) < 4.78 is 10.0. The third kappa shape index (κ3) is 1.70. The molecule has 0 radical (unpaired) electrons. The SMILES string of the molecule is COc1ccccc1N1C(=O)[C@@H](OC)[C@@H]1C(=O)O. The molecule has 1 saturated heterocycles. The predicted octanol–water partition coefficient (Wildman–Crippen LogP) is 0.510. The molecular formula is C12H13NO5. The van der Waals surface area contributed by atoms with E-state index in [1.54, 1.807) is 24.3 Å². The lowest BCUT2D eigenvalue weighted by atomic mass is 9.96. The van der Waals surface area contributed by atoms with Crippen LogP contribution in [0.3, 0.4) is 0 Å². The Morgan fingerprint density at radius 3 is 2.56 bits per heavy atom. The smallest absolute Gasteiger partial charge is 0.330 e. The van der Waals surface area contributed by atoms with Crippen molar-refractivity contribution in [1.29, 1.82) is 0 Å². The van der Waals surface area contributed by atoms with E-state index in [9.17, 15) is 9.59 Å². The Bertz CT molecular complexity index is 487. The van der Waals surface area contributed by atoms with E-state index in [2.05, 4.69) is 0 Å². The molecule has 2 rings (SSSR count). The molecule has 1 aliphatic rings. The van der Waals surface area contributed by atoms with E-state index in [0.717, 1.165) is 0 Å². The Morgan fingerprint density at radius 2 is 2.00 bits per heavy atom. The molecule has 1 aromatic rings. The molecule has 0 spiro atoms. The highest BCUT2D eigenvalue weighted by Crippen LogP contribution is 2.36. The summed E-state index contributed by atoms with van der Waals surface area (Å²) in [6.45, 7) is 0. The summed E-state index contributed by atoms with van der Waals surface area (Å²) in [7, 11) is 2.78. The molecule has 0 aromatic heterocycles. The van der Waals surface area contributed by atoms with Crippen LogP contribution in [0, 0.1) is 0 Å². The van der Waals surface area contributed by atoms with Crippen molar-refractivity contribution in [3.63, 3.8) is 0 Å². The first kappa shape index (κ1) is 12.4. The number of benzene rings is 1. The number of carboxylic acid groups (broad SMARTS) is 1. The molecule has 1 amide bonds. The molecule has 6 nitrogen and oxygen atoms in total. The summed E-state index contributed by atoms with van der Waals surface area (Å²) in [4.78, 5) is 24.2. The van der Waals surface area contributed by atoms with Crippen LogP contribution in [-0.2, 0) is 14.3 Å². The van der Waals surface area contributed by atoms with E-state index in [4.69, 9.17) is 14.6 Å². The standard InChI is InChI=1S/C12H13NO5/c1-17-8-6-4-3-5-7(8)13-9(12(15)16)10(18-2)11(13)14/h3-6,9-10H,1-2H3,(H,15,16)/t9-,10+/m1/s1. The number of nitrogens with zero attached hydrogens (tertiary/aromatic N) is 1. The fraction of sp³-hybridized carbons (Fsp3) is 0.333. The van der Waals surface area contributed by atoms with Gasteiger partial charge in [-0.3, -0.25) is 9.69 Å². The third-order valence-electron chi connectivity index (χ3n) is 2.90.